The molecule has 100 valence electrons. The van der Waals surface area contributed by atoms with Crippen LogP contribution in [0.25, 0.3) is 0 Å². The van der Waals surface area contributed by atoms with Crippen molar-refractivity contribution in [3.05, 3.63) is 35.4 Å². The van der Waals surface area contributed by atoms with Crippen LogP contribution in [0.5, 0.6) is 0 Å². The van der Waals surface area contributed by atoms with Crippen LogP contribution in [0.1, 0.15) is 43.1 Å². The van der Waals surface area contributed by atoms with Crippen LogP contribution < -0.4 is 0 Å². The quantitative estimate of drug-likeness (QED) is 0.635. The second kappa shape index (κ2) is 6.28. The lowest BCUT2D eigenvalue weighted by Gasteiger charge is -2.16. The van der Waals surface area contributed by atoms with Gasteiger partial charge in [0.1, 0.15) is 0 Å². The van der Waals surface area contributed by atoms with Crippen molar-refractivity contribution in [2.75, 3.05) is 0 Å². The van der Waals surface area contributed by atoms with E-state index in [2.05, 4.69) is 0 Å². The van der Waals surface area contributed by atoms with E-state index in [4.69, 9.17) is 4.52 Å². The Bertz CT molecular complexity index is 453. The van der Waals surface area contributed by atoms with Gasteiger partial charge in [0.2, 0.25) is 0 Å². The second-order valence-electron chi connectivity index (χ2n) is 4.37. The summed E-state index contributed by atoms with van der Waals surface area (Å²) in [4.78, 5) is 20.8. The largest absolute Gasteiger partial charge is 0.332 e. The topological polar surface area (TPSA) is 63.6 Å². The zero-order chi connectivity index (χ0) is 13.8. The maximum absolute atomic E-state index is 11.8. The summed E-state index contributed by atoms with van der Waals surface area (Å²) in [5, 5.41) is 0. The first-order valence-corrected chi connectivity index (χ1v) is 7.70. The first-order valence-electron chi connectivity index (χ1n) is 5.94. The number of rotatable bonds is 6. The lowest BCUT2D eigenvalue weighted by molar-refractivity contribution is 0.101. The van der Waals surface area contributed by atoms with Crippen LogP contribution in [0.2, 0.25) is 0 Å². The van der Waals surface area contributed by atoms with Crippen LogP contribution in [0, 0.1) is 0 Å². The van der Waals surface area contributed by atoms with E-state index < -0.39 is 7.60 Å². The van der Waals surface area contributed by atoms with E-state index in [-0.39, 0.29) is 18.0 Å². The highest BCUT2D eigenvalue weighted by Crippen LogP contribution is 2.47. The predicted octanol–water partition coefficient (Wildman–Crippen LogP) is 3.39. The first-order chi connectivity index (χ1) is 8.34. The van der Waals surface area contributed by atoms with Gasteiger partial charge in [-0.3, -0.25) is 9.36 Å². The normalized spacial score (nSPS) is 16.0. The minimum Gasteiger partial charge on any atom is -0.324 e. The molecule has 0 saturated heterocycles. The van der Waals surface area contributed by atoms with Gasteiger partial charge in [-0.25, -0.2) is 0 Å². The molecule has 2 unspecified atom stereocenters. The van der Waals surface area contributed by atoms with Crippen molar-refractivity contribution in [2.24, 2.45) is 0 Å². The Morgan fingerprint density at radius 2 is 1.94 bits per heavy atom. The summed E-state index contributed by atoms with van der Waals surface area (Å²) in [7, 11) is -3.61. The fourth-order valence-electron chi connectivity index (χ4n) is 1.47. The molecule has 0 aliphatic rings. The van der Waals surface area contributed by atoms with E-state index in [0.717, 1.165) is 0 Å². The van der Waals surface area contributed by atoms with Crippen molar-refractivity contribution < 1.29 is 18.8 Å². The van der Waals surface area contributed by atoms with Crippen LogP contribution >= 0.6 is 7.60 Å². The van der Waals surface area contributed by atoms with Crippen molar-refractivity contribution in [3.8, 4) is 0 Å². The smallest absolute Gasteiger partial charge is 0.324 e. The number of carbonyl (C=O) groups is 1. The molecule has 1 rings (SSSR count). The van der Waals surface area contributed by atoms with Gasteiger partial charge in [0.05, 0.1) is 12.3 Å². The van der Waals surface area contributed by atoms with Gasteiger partial charge in [0.25, 0.3) is 0 Å². The van der Waals surface area contributed by atoms with Crippen molar-refractivity contribution >= 4 is 13.4 Å². The predicted molar refractivity (Wildman–Crippen MR) is 70.8 cm³/mol. The molecule has 0 heterocycles. The molecule has 1 aromatic rings. The molecule has 0 aliphatic carbocycles. The van der Waals surface area contributed by atoms with Crippen molar-refractivity contribution in [1.82, 2.24) is 0 Å². The van der Waals surface area contributed by atoms with E-state index in [9.17, 15) is 14.3 Å². The third kappa shape index (κ3) is 4.73. The van der Waals surface area contributed by atoms with Crippen LogP contribution in [0.4, 0.5) is 0 Å². The Morgan fingerprint density at radius 1 is 1.39 bits per heavy atom. The van der Waals surface area contributed by atoms with Gasteiger partial charge in [-0.15, -0.1) is 0 Å². The molecule has 0 saturated carbocycles. The second-order valence-corrected chi connectivity index (χ2v) is 6.17. The van der Waals surface area contributed by atoms with Crippen molar-refractivity contribution in [1.29, 1.82) is 0 Å². The third-order valence-electron chi connectivity index (χ3n) is 2.66. The number of benzene rings is 1. The summed E-state index contributed by atoms with van der Waals surface area (Å²) >= 11 is 0. The van der Waals surface area contributed by atoms with Crippen molar-refractivity contribution in [2.45, 2.75) is 39.5 Å². The average molecular weight is 270 g/mol. The molecule has 0 spiro atoms. The van der Waals surface area contributed by atoms with Crippen LogP contribution in [-0.4, -0.2) is 16.8 Å². The molecule has 18 heavy (non-hydrogen) atoms. The van der Waals surface area contributed by atoms with E-state index >= 15 is 0 Å². The molecule has 1 aromatic carbocycles. The van der Waals surface area contributed by atoms with Gasteiger partial charge in [0, 0.05) is 5.56 Å². The Labute approximate surface area is 108 Å². The Balaban J connectivity index is 2.72. The number of carbonyl (C=O) groups excluding carboxylic acids is 1. The molecular formula is C13H19O4P. The SMILES string of the molecule is CCC(C)OP(=O)(O)Cc1ccc(C(C)=O)cc1. The molecule has 0 bridgehead atoms. The van der Waals surface area contributed by atoms with Gasteiger partial charge in [-0.1, -0.05) is 31.2 Å². The molecule has 4 nitrogen and oxygen atoms in total. The molecular weight excluding hydrogens is 251 g/mol. The van der Waals surface area contributed by atoms with E-state index in [1.807, 2.05) is 6.92 Å². The van der Waals surface area contributed by atoms with Gasteiger partial charge in [-0.2, -0.15) is 0 Å². The fraction of sp³-hybridized carbons (Fsp3) is 0.462. The number of Topliss-reactive ketones (excluding diaryl/α,β-unsaturated/α-hetero) is 1. The summed E-state index contributed by atoms with van der Waals surface area (Å²) in [6.45, 7) is 5.14. The minimum atomic E-state index is -3.61. The lowest BCUT2D eigenvalue weighted by Crippen LogP contribution is -2.05. The van der Waals surface area contributed by atoms with Crippen LogP contribution in [-0.2, 0) is 15.3 Å². The number of hydrogen-bond acceptors (Lipinski definition) is 3. The minimum absolute atomic E-state index is 0.0235. The summed E-state index contributed by atoms with van der Waals surface area (Å²) in [5.41, 5.74) is 1.28. The summed E-state index contributed by atoms with van der Waals surface area (Å²) in [6, 6.07) is 6.67. The maximum atomic E-state index is 11.8. The summed E-state index contributed by atoms with van der Waals surface area (Å²) in [5.74, 6) is -0.0235. The van der Waals surface area contributed by atoms with Gasteiger partial charge < -0.3 is 9.42 Å². The Morgan fingerprint density at radius 3 is 2.39 bits per heavy atom. The lowest BCUT2D eigenvalue weighted by atomic mass is 10.1. The average Bonchev–Trinajstić information content (AvgIpc) is 2.28. The highest BCUT2D eigenvalue weighted by molar-refractivity contribution is 7.51. The zero-order valence-electron chi connectivity index (χ0n) is 10.9. The number of ketones is 1. The van der Waals surface area contributed by atoms with Gasteiger partial charge in [0.15, 0.2) is 5.78 Å². The van der Waals surface area contributed by atoms with Crippen LogP contribution in [0.15, 0.2) is 24.3 Å². The van der Waals surface area contributed by atoms with E-state index in [0.29, 0.717) is 17.5 Å². The Kier molecular flexibility index (Phi) is 5.27. The van der Waals surface area contributed by atoms with E-state index in [1.165, 1.54) is 6.92 Å². The highest BCUT2D eigenvalue weighted by atomic mass is 31.2. The molecule has 1 N–H and O–H groups in total. The Hall–Kier alpha value is -0.960. The number of hydrogen-bond donors (Lipinski definition) is 1. The van der Waals surface area contributed by atoms with E-state index in [1.54, 1.807) is 31.2 Å². The van der Waals surface area contributed by atoms with Gasteiger partial charge >= 0.3 is 7.60 Å². The standard InChI is InChI=1S/C13H19O4P/c1-4-10(2)17-18(15,16)9-12-5-7-13(8-6-12)11(3)14/h5-8,10H,4,9H2,1-3H3,(H,15,16). The molecule has 0 amide bonds. The molecule has 0 aromatic heterocycles. The summed E-state index contributed by atoms with van der Waals surface area (Å²) < 4.78 is 17.0. The van der Waals surface area contributed by atoms with Crippen molar-refractivity contribution in [3.63, 3.8) is 0 Å². The monoisotopic (exact) mass is 270 g/mol. The third-order valence-corrected chi connectivity index (χ3v) is 4.12. The molecule has 5 heteroatoms. The molecule has 0 fully saturated rings. The zero-order valence-corrected chi connectivity index (χ0v) is 11.8. The fourth-order valence-corrected chi connectivity index (χ4v) is 2.93. The van der Waals surface area contributed by atoms with Gasteiger partial charge in [-0.05, 0) is 25.8 Å². The molecule has 2 atom stereocenters. The maximum Gasteiger partial charge on any atom is 0.332 e. The molecule has 0 radical (unpaired) electrons. The molecule has 0 aliphatic heterocycles. The summed E-state index contributed by atoms with van der Waals surface area (Å²) in [6.07, 6.45) is 0.418. The first kappa shape index (κ1) is 15.1. The highest BCUT2D eigenvalue weighted by Gasteiger charge is 2.22. The van der Waals surface area contributed by atoms with Crippen LogP contribution in [0.3, 0.4) is 0 Å².